The van der Waals surface area contributed by atoms with Crippen molar-refractivity contribution in [3.8, 4) is 0 Å². The van der Waals surface area contributed by atoms with Gasteiger partial charge in [0.2, 0.25) is 15.9 Å². The Morgan fingerprint density at radius 3 is 2.04 bits per heavy atom. The van der Waals surface area contributed by atoms with Gasteiger partial charge in [-0.2, -0.15) is 0 Å². The molecule has 0 aromatic heterocycles. The highest BCUT2D eigenvalue weighted by molar-refractivity contribution is 7.92. The second-order valence-corrected chi connectivity index (χ2v) is 8.73. The fraction of sp³-hybridized carbons (Fsp3) is 0.350. The number of rotatable bonds is 5. The lowest BCUT2D eigenvalue weighted by atomic mass is 10.1. The van der Waals surface area contributed by atoms with Gasteiger partial charge in [-0.05, 0) is 81.1 Å². The number of anilines is 2. The molecule has 140 valence electrons. The van der Waals surface area contributed by atoms with Gasteiger partial charge in [0.15, 0.2) is 0 Å². The molecule has 0 aliphatic heterocycles. The van der Waals surface area contributed by atoms with Gasteiger partial charge in [0.1, 0.15) is 6.04 Å². The minimum Gasteiger partial charge on any atom is -0.324 e. The number of nitrogens with one attached hydrogen (secondary N) is 1. The quantitative estimate of drug-likeness (QED) is 0.867. The molecule has 5 nitrogen and oxygen atoms in total. The van der Waals surface area contributed by atoms with Crippen LogP contribution in [0, 0.1) is 27.7 Å². The van der Waals surface area contributed by atoms with Crippen LogP contribution in [0.2, 0.25) is 0 Å². The molecule has 0 heterocycles. The molecule has 2 aromatic carbocycles. The first-order valence-corrected chi connectivity index (χ1v) is 10.3. The number of hydrogen-bond acceptors (Lipinski definition) is 3. The van der Waals surface area contributed by atoms with Gasteiger partial charge in [-0.3, -0.25) is 9.10 Å². The molecule has 6 heteroatoms. The van der Waals surface area contributed by atoms with E-state index in [0.29, 0.717) is 11.4 Å². The molecule has 0 saturated carbocycles. The predicted molar refractivity (Wildman–Crippen MR) is 107 cm³/mol. The van der Waals surface area contributed by atoms with Gasteiger partial charge in [-0.1, -0.05) is 12.1 Å². The zero-order chi connectivity index (χ0) is 19.6. The van der Waals surface area contributed by atoms with Crippen molar-refractivity contribution in [3.63, 3.8) is 0 Å². The molecule has 26 heavy (non-hydrogen) atoms. The summed E-state index contributed by atoms with van der Waals surface area (Å²) in [6, 6.07) is 10.2. The molecule has 0 radical (unpaired) electrons. The van der Waals surface area contributed by atoms with Crippen molar-refractivity contribution in [2.24, 2.45) is 0 Å². The number of sulfonamides is 1. The number of aryl methyl sites for hydroxylation is 4. The van der Waals surface area contributed by atoms with E-state index in [4.69, 9.17) is 0 Å². The molecule has 1 N–H and O–H groups in total. The summed E-state index contributed by atoms with van der Waals surface area (Å²) in [4.78, 5) is 12.7. The number of carbonyl (C=O) groups excluding carboxylic acids is 1. The van der Waals surface area contributed by atoms with E-state index < -0.39 is 16.1 Å². The second-order valence-electron chi connectivity index (χ2n) is 6.87. The fourth-order valence-electron chi connectivity index (χ4n) is 2.97. The Morgan fingerprint density at radius 2 is 1.54 bits per heavy atom. The average Bonchev–Trinajstić information content (AvgIpc) is 2.48. The third kappa shape index (κ3) is 4.64. The normalized spacial score (nSPS) is 12.5. The molecule has 0 bridgehead atoms. The molecule has 2 aromatic rings. The van der Waals surface area contributed by atoms with Gasteiger partial charge in [-0.25, -0.2) is 8.42 Å². The van der Waals surface area contributed by atoms with Crippen molar-refractivity contribution in [2.45, 2.75) is 40.7 Å². The van der Waals surface area contributed by atoms with E-state index in [1.165, 1.54) is 0 Å². The molecule has 0 saturated heterocycles. The zero-order valence-electron chi connectivity index (χ0n) is 16.1. The number of hydrogen-bond donors (Lipinski definition) is 1. The molecule has 2 rings (SSSR count). The largest absolute Gasteiger partial charge is 0.324 e. The Hall–Kier alpha value is -2.34. The highest BCUT2D eigenvalue weighted by Gasteiger charge is 2.29. The Balaban J connectivity index is 2.35. The molecule has 1 amide bonds. The van der Waals surface area contributed by atoms with Crippen molar-refractivity contribution in [3.05, 3.63) is 58.7 Å². The Labute approximate surface area is 156 Å². The van der Waals surface area contributed by atoms with Crippen LogP contribution < -0.4 is 9.62 Å². The summed E-state index contributed by atoms with van der Waals surface area (Å²) >= 11 is 0. The maximum absolute atomic E-state index is 12.7. The van der Waals surface area contributed by atoms with Crippen LogP contribution >= 0.6 is 0 Å². The summed E-state index contributed by atoms with van der Waals surface area (Å²) in [5, 5.41) is 2.83. The monoisotopic (exact) mass is 374 g/mol. The molecule has 0 fully saturated rings. The maximum Gasteiger partial charge on any atom is 0.247 e. The molecule has 0 aliphatic carbocycles. The van der Waals surface area contributed by atoms with Gasteiger partial charge in [-0.15, -0.1) is 0 Å². The zero-order valence-corrected chi connectivity index (χ0v) is 16.9. The van der Waals surface area contributed by atoms with Crippen molar-refractivity contribution in [2.75, 3.05) is 15.9 Å². The third-order valence-corrected chi connectivity index (χ3v) is 5.56. The highest BCUT2D eigenvalue weighted by atomic mass is 32.2. The van der Waals surface area contributed by atoms with Crippen molar-refractivity contribution in [1.29, 1.82) is 0 Å². The van der Waals surface area contributed by atoms with Crippen LogP contribution in [0.5, 0.6) is 0 Å². The van der Waals surface area contributed by atoms with E-state index in [1.807, 2.05) is 52.0 Å². The lowest BCUT2D eigenvalue weighted by Gasteiger charge is -2.28. The van der Waals surface area contributed by atoms with Crippen LogP contribution in [-0.2, 0) is 14.8 Å². The second kappa shape index (κ2) is 7.50. The van der Waals surface area contributed by atoms with Gasteiger partial charge in [0.05, 0.1) is 11.9 Å². The predicted octanol–water partition coefficient (Wildman–Crippen LogP) is 3.71. The molecular weight excluding hydrogens is 348 g/mol. The molecular formula is C20H26N2O3S. The third-order valence-electron chi connectivity index (χ3n) is 4.32. The first-order chi connectivity index (χ1) is 12.0. The lowest BCUT2D eigenvalue weighted by Crippen LogP contribution is -2.45. The number of benzene rings is 2. The molecule has 0 unspecified atom stereocenters. The summed E-state index contributed by atoms with van der Waals surface area (Å²) in [6.45, 7) is 9.36. The summed E-state index contributed by atoms with van der Waals surface area (Å²) in [5.41, 5.74) is 5.24. The van der Waals surface area contributed by atoms with Crippen LogP contribution in [0.1, 0.15) is 29.2 Å². The SMILES string of the molecule is Cc1cc(C)cc(NC(=O)[C@H](C)N(c2ccc(C)c(C)c2)S(C)(=O)=O)c1. The van der Waals surface area contributed by atoms with E-state index >= 15 is 0 Å². The summed E-state index contributed by atoms with van der Waals surface area (Å²) in [6.07, 6.45) is 1.11. The van der Waals surface area contributed by atoms with Crippen LogP contribution in [0.25, 0.3) is 0 Å². The molecule has 1 atom stereocenters. The topological polar surface area (TPSA) is 66.5 Å². The fourth-order valence-corrected chi connectivity index (χ4v) is 4.13. The first-order valence-electron chi connectivity index (χ1n) is 8.45. The number of nitrogens with zero attached hydrogens (tertiary/aromatic N) is 1. The van der Waals surface area contributed by atoms with E-state index in [-0.39, 0.29) is 5.91 Å². The number of carbonyl (C=O) groups is 1. The van der Waals surface area contributed by atoms with Gasteiger partial charge >= 0.3 is 0 Å². The minimum atomic E-state index is -3.63. The molecule has 0 spiro atoms. The Kier molecular flexibility index (Phi) is 5.76. The standard InChI is InChI=1S/C20H26N2O3S/c1-13-9-14(2)11-18(10-13)21-20(23)17(5)22(26(6,24)25)19-8-7-15(3)16(4)12-19/h7-12,17H,1-6H3,(H,21,23)/t17-/m0/s1. The van der Waals surface area contributed by atoms with Crippen molar-refractivity contribution < 1.29 is 13.2 Å². The van der Waals surface area contributed by atoms with Crippen LogP contribution in [-0.4, -0.2) is 26.6 Å². The van der Waals surface area contributed by atoms with Crippen molar-refractivity contribution in [1.82, 2.24) is 0 Å². The first kappa shape index (κ1) is 20.0. The Morgan fingerprint density at radius 1 is 0.962 bits per heavy atom. The van der Waals surface area contributed by atoms with Gasteiger partial charge in [0, 0.05) is 5.69 Å². The van der Waals surface area contributed by atoms with Crippen LogP contribution in [0.3, 0.4) is 0 Å². The van der Waals surface area contributed by atoms with E-state index in [0.717, 1.165) is 32.8 Å². The smallest absolute Gasteiger partial charge is 0.247 e. The van der Waals surface area contributed by atoms with Crippen LogP contribution in [0.4, 0.5) is 11.4 Å². The van der Waals surface area contributed by atoms with Crippen LogP contribution in [0.15, 0.2) is 36.4 Å². The maximum atomic E-state index is 12.7. The Bertz CT molecular complexity index is 916. The van der Waals surface area contributed by atoms with E-state index in [2.05, 4.69) is 5.32 Å². The summed E-state index contributed by atoms with van der Waals surface area (Å²) < 4.78 is 25.9. The van der Waals surface area contributed by atoms with Crippen molar-refractivity contribution >= 4 is 27.3 Å². The average molecular weight is 375 g/mol. The summed E-state index contributed by atoms with van der Waals surface area (Å²) in [5.74, 6) is -0.376. The minimum absolute atomic E-state index is 0.376. The lowest BCUT2D eigenvalue weighted by molar-refractivity contribution is -0.116. The van der Waals surface area contributed by atoms with Gasteiger partial charge < -0.3 is 5.32 Å². The summed E-state index contributed by atoms with van der Waals surface area (Å²) in [7, 11) is -3.63. The van der Waals surface area contributed by atoms with E-state index in [9.17, 15) is 13.2 Å². The molecule has 0 aliphatic rings. The van der Waals surface area contributed by atoms with E-state index in [1.54, 1.807) is 19.1 Å². The number of amides is 1. The van der Waals surface area contributed by atoms with Gasteiger partial charge in [0.25, 0.3) is 0 Å². The highest BCUT2D eigenvalue weighted by Crippen LogP contribution is 2.24.